The van der Waals surface area contributed by atoms with Gasteiger partial charge in [0.1, 0.15) is 0 Å². The highest BCUT2D eigenvalue weighted by Gasteiger charge is 2.27. The third kappa shape index (κ3) is 5.39. The molecule has 0 saturated heterocycles. The number of aryl methyl sites for hydroxylation is 1. The van der Waals surface area contributed by atoms with Crippen LogP contribution >= 0.6 is 0 Å². The standard InChI is InChI=1S/C27H28F4O/c1-16(2)24(28)25(29)18(4)15-32-21-11-9-20(10-12-21)23-14-13-22(26(30)27(23)31)19-7-5-17(3)6-8-19/h5-8,13-14,20-21H,1,4,9-12,15H2,2-3H3/b25-24-. The van der Waals surface area contributed by atoms with Crippen molar-refractivity contribution in [2.45, 2.75) is 51.6 Å². The first-order valence-electron chi connectivity index (χ1n) is 10.7. The number of rotatable bonds is 7. The lowest BCUT2D eigenvalue weighted by Gasteiger charge is -2.29. The molecular weight excluding hydrogens is 416 g/mol. The minimum absolute atomic E-state index is 0.00758. The maximum absolute atomic E-state index is 14.9. The summed E-state index contributed by atoms with van der Waals surface area (Å²) < 4.78 is 62.9. The lowest BCUT2D eigenvalue weighted by molar-refractivity contribution is 0.0381. The minimum Gasteiger partial charge on any atom is -0.373 e. The van der Waals surface area contributed by atoms with E-state index in [1.165, 1.54) is 6.92 Å². The molecule has 0 unspecified atom stereocenters. The van der Waals surface area contributed by atoms with Crippen molar-refractivity contribution in [3.8, 4) is 11.1 Å². The Morgan fingerprint density at radius 2 is 1.53 bits per heavy atom. The van der Waals surface area contributed by atoms with E-state index in [1.54, 1.807) is 24.3 Å². The Balaban J connectivity index is 1.61. The van der Waals surface area contributed by atoms with Crippen molar-refractivity contribution in [2.75, 3.05) is 6.61 Å². The van der Waals surface area contributed by atoms with E-state index in [1.807, 2.05) is 19.1 Å². The van der Waals surface area contributed by atoms with Crippen molar-refractivity contribution in [3.05, 3.63) is 95.1 Å². The fraction of sp³-hybridized carbons (Fsp3) is 0.333. The third-order valence-corrected chi connectivity index (χ3v) is 5.96. The molecule has 0 N–H and O–H groups in total. The van der Waals surface area contributed by atoms with Crippen LogP contribution in [-0.2, 0) is 4.74 Å². The molecule has 0 heterocycles. The second kappa shape index (κ2) is 10.3. The Kier molecular flexibility index (Phi) is 7.73. The van der Waals surface area contributed by atoms with Gasteiger partial charge in [0.2, 0.25) is 0 Å². The Hall–Kier alpha value is -2.66. The largest absolute Gasteiger partial charge is 0.373 e. The van der Waals surface area contributed by atoms with Crippen LogP contribution in [0.3, 0.4) is 0 Å². The summed E-state index contributed by atoms with van der Waals surface area (Å²) in [5, 5.41) is 0. The molecule has 170 valence electrons. The summed E-state index contributed by atoms with van der Waals surface area (Å²) in [6.45, 7) is 10.1. The highest BCUT2D eigenvalue weighted by Crippen LogP contribution is 2.38. The van der Waals surface area contributed by atoms with Crippen LogP contribution in [0.1, 0.15) is 49.7 Å². The summed E-state index contributed by atoms with van der Waals surface area (Å²) in [5.41, 5.74) is 2.23. The van der Waals surface area contributed by atoms with Crippen LogP contribution < -0.4 is 0 Å². The molecule has 2 aromatic rings. The molecule has 0 atom stereocenters. The van der Waals surface area contributed by atoms with Crippen molar-refractivity contribution in [1.29, 1.82) is 0 Å². The zero-order valence-electron chi connectivity index (χ0n) is 18.5. The van der Waals surface area contributed by atoms with E-state index in [-0.39, 0.29) is 35.3 Å². The first kappa shape index (κ1) is 24.0. The molecule has 1 saturated carbocycles. The van der Waals surface area contributed by atoms with Gasteiger partial charge in [-0.25, -0.2) is 17.6 Å². The summed E-state index contributed by atoms with van der Waals surface area (Å²) in [6, 6.07) is 10.6. The van der Waals surface area contributed by atoms with E-state index in [9.17, 15) is 17.6 Å². The van der Waals surface area contributed by atoms with Crippen molar-refractivity contribution in [1.82, 2.24) is 0 Å². The van der Waals surface area contributed by atoms with Crippen molar-refractivity contribution in [3.63, 3.8) is 0 Å². The number of hydrogen-bond acceptors (Lipinski definition) is 1. The van der Waals surface area contributed by atoms with Crippen LogP contribution in [0.2, 0.25) is 0 Å². The van der Waals surface area contributed by atoms with Crippen LogP contribution in [0.25, 0.3) is 11.1 Å². The summed E-state index contributed by atoms with van der Waals surface area (Å²) in [4.78, 5) is 0. The van der Waals surface area contributed by atoms with Gasteiger partial charge in [-0.15, -0.1) is 0 Å². The molecular formula is C27H28F4O. The predicted molar refractivity (Wildman–Crippen MR) is 121 cm³/mol. The van der Waals surface area contributed by atoms with Gasteiger partial charge < -0.3 is 4.74 Å². The van der Waals surface area contributed by atoms with Gasteiger partial charge in [0.05, 0.1) is 12.7 Å². The molecule has 0 bridgehead atoms. The summed E-state index contributed by atoms with van der Waals surface area (Å²) in [6.07, 6.45) is 2.31. The molecule has 0 radical (unpaired) electrons. The van der Waals surface area contributed by atoms with Gasteiger partial charge in [-0.2, -0.15) is 0 Å². The second-order valence-electron chi connectivity index (χ2n) is 8.49. The van der Waals surface area contributed by atoms with Crippen molar-refractivity contribution in [2.24, 2.45) is 0 Å². The molecule has 0 aliphatic heterocycles. The van der Waals surface area contributed by atoms with Crippen LogP contribution in [0.5, 0.6) is 0 Å². The molecule has 0 spiro atoms. The lowest BCUT2D eigenvalue weighted by atomic mass is 9.82. The van der Waals surface area contributed by atoms with E-state index in [0.717, 1.165) is 5.56 Å². The number of hydrogen-bond donors (Lipinski definition) is 0. The van der Waals surface area contributed by atoms with E-state index in [0.29, 0.717) is 36.8 Å². The van der Waals surface area contributed by atoms with E-state index >= 15 is 0 Å². The number of benzene rings is 2. The maximum Gasteiger partial charge on any atom is 0.166 e. The zero-order valence-corrected chi connectivity index (χ0v) is 18.5. The fourth-order valence-electron chi connectivity index (χ4n) is 4.00. The maximum atomic E-state index is 14.9. The van der Waals surface area contributed by atoms with Gasteiger partial charge >= 0.3 is 0 Å². The monoisotopic (exact) mass is 444 g/mol. The molecule has 1 aliphatic carbocycles. The summed E-state index contributed by atoms with van der Waals surface area (Å²) in [5.74, 6) is -3.81. The van der Waals surface area contributed by atoms with Gasteiger partial charge in [0, 0.05) is 11.1 Å². The number of allylic oxidation sites excluding steroid dienone is 2. The molecule has 1 fully saturated rings. The molecule has 1 nitrogen and oxygen atoms in total. The van der Waals surface area contributed by atoms with Crippen molar-refractivity contribution < 1.29 is 22.3 Å². The van der Waals surface area contributed by atoms with Crippen molar-refractivity contribution >= 4 is 0 Å². The third-order valence-electron chi connectivity index (χ3n) is 5.96. The average Bonchev–Trinajstić information content (AvgIpc) is 2.79. The van der Waals surface area contributed by atoms with Crippen LogP contribution in [-0.4, -0.2) is 12.7 Å². The van der Waals surface area contributed by atoms with Crippen LogP contribution in [0.4, 0.5) is 17.6 Å². The summed E-state index contributed by atoms with van der Waals surface area (Å²) in [7, 11) is 0. The fourth-order valence-corrected chi connectivity index (χ4v) is 4.00. The molecule has 2 aromatic carbocycles. The lowest BCUT2D eigenvalue weighted by Crippen LogP contribution is -2.22. The van der Waals surface area contributed by atoms with Crippen LogP contribution in [0, 0.1) is 18.6 Å². The first-order chi connectivity index (χ1) is 15.2. The van der Waals surface area contributed by atoms with Gasteiger partial charge in [0.25, 0.3) is 0 Å². The first-order valence-corrected chi connectivity index (χ1v) is 10.7. The number of ether oxygens (including phenoxy) is 1. The Labute approximate surface area is 187 Å². The Morgan fingerprint density at radius 3 is 2.12 bits per heavy atom. The van der Waals surface area contributed by atoms with E-state index in [2.05, 4.69) is 13.2 Å². The van der Waals surface area contributed by atoms with E-state index in [4.69, 9.17) is 4.74 Å². The predicted octanol–water partition coefficient (Wildman–Crippen LogP) is 8.27. The smallest absolute Gasteiger partial charge is 0.166 e. The molecule has 3 rings (SSSR count). The normalized spacial score (nSPS) is 19.4. The minimum atomic E-state index is -1.04. The SMILES string of the molecule is C=C(C)/C(F)=C(/F)C(=C)COC1CCC(c2ccc(-c3ccc(C)cc3)c(F)c2F)CC1. The van der Waals surface area contributed by atoms with E-state index < -0.39 is 23.3 Å². The van der Waals surface area contributed by atoms with Gasteiger partial charge in [-0.3, -0.25) is 0 Å². The molecule has 0 amide bonds. The summed E-state index contributed by atoms with van der Waals surface area (Å²) >= 11 is 0. The van der Waals surface area contributed by atoms with Gasteiger partial charge in [-0.1, -0.05) is 55.1 Å². The number of halogens is 4. The zero-order chi connectivity index (χ0) is 23.4. The Morgan fingerprint density at radius 1 is 0.906 bits per heavy atom. The molecule has 32 heavy (non-hydrogen) atoms. The topological polar surface area (TPSA) is 9.23 Å². The van der Waals surface area contributed by atoms with Gasteiger partial charge in [-0.05, 0) is 62.1 Å². The quantitative estimate of drug-likeness (QED) is 0.308. The molecule has 0 aromatic heterocycles. The van der Waals surface area contributed by atoms with Crippen LogP contribution in [0.15, 0.2) is 72.4 Å². The average molecular weight is 445 g/mol. The van der Waals surface area contributed by atoms with Gasteiger partial charge in [0.15, 0.2) is 23.3 Å². The molecule has 5 heteroatoms. The highest BCUT2D eigenvalue weighted by molar-refractivity contribution is 5.65. The molecule has 1 aliphatic rings. The Bertz CT molecular complexity index is 1030. The second-order valence-corrected chi connectivity index (χ2v) is 8.49. The highest BCUT2D eigenvalue weighted by atomic mass is 19.2.